The zero-order valence-corrected chi connectivity index (χ0v) is 10.3. The van der Waals surface area contributed by atoms with Crippen LogP contribution in [-0.2, 0) is 6.42 Å². The maximum atomic E-state index is 13.6. The van der Waals surface area contributed by atoms with Crippen molar-refractivity contribution in [2.45, 2.75) is 32.2 Å². The summed E-state index contributed by atoms with van der Waals surface area (Å²) >= 11 is 0. The van der Waals surface area contributed by atoms with Gasteiger partial charge in [-0.1, -0.05) is 6.92 Å². The van der Waals surface area contributed by atoms with E-state index in [1.54, 1.807) is 0 Å². The Kier molecular flexibility index (Phi) is 3.77. The quantitative estimate of drug-likeness (QED) is 0.832. The highest BCUT2D eigenvalue weighted by Gasteiger charge is 2.32. The summed E-state index contributed by atoms with van der Waals surface area (Å²) in [4.78, 5) is 0. The lowest BCUT2D eigenvalue weighted by Gasteiger charge is -2.23. The Bertz CT molecular complexity index is 388. The van der Waals surface area contributed by atoms with Crippen LogP contribution in [0, 0.1) is 23.5 Å². The van der Waals surface area contributed by atoms with Crippen LogP contribution in [0.15, 0.2) is 18.2 Å². The second-order valence-corrected chi connectivity index (χ2v) is 5.03. The molecule has 1 aliphatic rings. The summed E-state index contributed by atoms with van der Waals surface area (Å²) in [5, 5.41) is 3.23. The van der Waals surface area contributed by atoms with E-state index in [-0.39, 0.29) is 17.7 Å². The Balaban J connectivity index is 2.08. The van der Waals surface area contributed by atoms with Crippen molar-refractivity contribution in [3.05, 3.63) is 35.4 Å². The van der Waals surface area contributed by atoms with Gasteiger partial charge in [-0.25, -0.2) is 8.78 Å². The fourth-order valence-corrected chi connectivity index (χ4v) is 2.44. The van der Waals surface area contributed by atoms with E-state index in [0.717, 1.165) is 12.0 Å². The fourth-order valence-electron chi connectivity index (χ4n) is 2.44. The van der Waals surface area contributed by atoms with Gasteiger partial charge in [0.1, 0.15) is 11.6 Å². The molecule has 0 saturated heterocycles. The van der Waals surface area contributed by atoms with E-state index in [1.165, 1.54) is 25.0 Å². The van der Waals surface area contributed by atoms with Gasteiger partial charge in [0.05, 0.1) is 0 Å². The van der Waals surface area contributed by atoms with E-state index in [0.29, 0.717) is 17.9 Å². The van der Waals surface area contributed by atoms with Crippen LogP contribution in [0.2, 0.25) is 0 Å². The van der Waals surface area contributed by atoms with Crippen molar-refractivity contribution in [2.75, 3.05) is 7.05 Å². The second kappa shape index (κ2) is 5.13. The molecule has 2 rings (SSSR count). The molecule has 0 amide bonds. The van der Waals surface area contributed by atoms with Crippen molar-refractivity contribution < 1.29 is 8.78 Å². The summed E-state index contributed by atoms with van der Waals surface area (Å²) in [6.45, 7) is 2.19. The average Bonchev–Trinajstić information content (AvgIpc) is 3.13. The van der Waals surface area contributed by atoms with Gasteiger partial charge in [0, 0.05) is 6.04 Å². The molecule has 1 aromatic carbocycles. The Morgan fingerprint density at radius 3 is 2.65 bits per heavy atom. The molecule has 1 aromatic rings. The fraction of sp³-hybridized carbons (Fsp3) is 0.571. The van der Waals surface area contributed by atoms with E-state index in [2.05, 4.69) is 12.2 Å². The monoisotopic (exact) mass is 239 g/mol. The van der Waals surface area contributed by atoms with Gasteiger partial charge in [-0.05, 0) is 61.9 Å². The van der Waals surface area contributed by atoms with Crippen LogP contribution in [0.5, 0.6) is 0 Å². The minimum atomic E-state index is -0.365. The zero-order chi connectivity index (χ0) is 12.4. The van der Waals surface area contributed by atoms with Crippen molar-refractivity contribution >= 4 is 0 Å². The first-order valence-corrected chi connectivity index (χ1v) is 6.23. The molecule has 1 fully saturated rings. The Morgan fingerprint density at radius 1 is 1.35 bits per heavy atom. The number of hydrogen-bond donors (Lipinski definition) is 1. The van der Waals surface area contributed by atoms with Crippen molar-refractivity contribution in [3.63, 3.8) is 0 Å². The Morgan fingerprint density at radius 2 is 2.06 bits per heavy atom. The number of likely N-dealkylation sites (N-methyl/N-ethyl adjacent to an activating group) is 1. The topological polar surface area (TPSA) is 12.0 Å². The Labute approximate surface area is 101 Å². The number of benzene rings is 1. The molecule has 17 heavy (non-hydrogen) atoms. The number of halogens is 2. The summed E-state index contributed by atoms with van der Waals surface area (Å²) in [6.07, 6.45) is 3.09. The molecule has 2 unspecified atom stereocenters. The summed E-state index contributed by atoms with van der Waals surface area (Å²) in [7, 11) is 1.89. The maximum absolute atomic E-state index is 13.6. The Hall–Kier alpha value is -0.960. The molecule has 3 heteroatoms. The van der Waals surface area contributed by atoms with E-state index in [9.17, 15) is 8.78 Å². The van der Waals surface area contributed by atoms with Gasteiger partial charge >= 0.3 is 0 Å². The van der Waals surface area contributed by atoms with E-state index in [1.807, 2.05) is 7.05 Å². The van der Waals surface area contributed by atoms with Gasteiger partial charge in [0.15, 0.2) is 0 Å². The molecule has 0 radical (unpaired) electrons. The highest BCUT2D eigenvalue weighted by Crippen LogP contribution is 2.38. The van der Waals surface area contributed by atoms with Gasteiger partial charge in [-0.15, -0.1) is 0 Å². The van der Waals surface area contributed by atoms with Crippen LogP contribution in [0.3, 0.4) is 0 Å². The lowest BCUT2D eigenvalue weighted by Crippen LogP contribution is -2.35. The predicted molar refractivity (Wildman–Crippen MR) is 64.8 cm³/mol. The summed E-state index contributed by atoms with van der Waals surface area (Å²) < 4.78 is 26.6. The molecule has 0 bridgehead atoms. The third-order valence-corrected chi connectivity index (χ3v) is 3.82. The van der Waals surface area contributed by atoms with Crippen molar-refractivity contribution in [1.29, 1.82) is 0 Å². The van der Waals surface area contributed by atoms with Gasteiger partial charge in [-0.2, -0.15) is 0 Å². The van der Waals surface area contributed by atoms with Crippen LogP contribution in [0.4, 0.5) is 8.78 Å². The molecule has 1 nitrogen and oxygen atoms in total. The van der Waals surface area contributed by atoms with Crippen molar-refractivity contribution in [1.82, 2.24) is 5.32 Å². The number of hydrogen-bond acceptors (Lipinski definition) is 1. The molecule has 0 heterocycles. The normalized spacial score (nSPS) is 19.1. The van der Waals surface area contributed by atoms with Crippen LogP contribution < -0.4 is 5.32 Å². The number of nitrogens with one attached hydrogen (secondary N) is 1. The molecular formula is C14H19F2N. The first kappa shape index (κ1) is 12.5. The third kappa shape index (κ3) is 3.03. The highest BCUT2D eigenvalue weighted by molar-refractivity contribution is 5.20. The molecule has 1 saturated carbocycles. The zero-order valence-electron chi connectivity index (χ0n) is 10.3. The van der Waals surface area contributed by atoms with E-state index < -0.39 is 0 Å². The molecule has 94 valence electrons. The standard InChI is InChI=1S/C14H19F2N/c1-9(10-3-4-10)14(17-2)8-11-7-12(15)5-6-13(11)16/h5-7,9-10,14,17H,3-4,8H2,1-2H3. The summed E-state index contributed by atoms with van der Waals surface area (Å²) in [5.41, 5.74) is 0.469. The molecule has 1 aliphatic carbocycles. The van der Waals surface area contributed by atoms with E-state index >= 15 is 0 Å². The van der Waals surface area contributed by atoms with Crippen LogP contribution in [-0.4, -0.2) is 13.1 Å². The summed E-state index contributed by atoms with van der Waals surface area (Å²) in [6, 6.07) is 3.90. The first-order valence-electron chi connectivity index (χ1n) is 6.23. The minimum Gasteiger partial charge on any atom is -0.316 e. The number of rotatable bonds is 5. The van der Waals surface area contributed by atoms with Gasteiger partial charge in [-0.3, -0.25) is 0 Å². The van der Waals surface area contributed by atoms with Gasteiger partial charge in [0.25, 0.3) is 0 Å². The van der Waals surface area contributed by atoms with Crippen LogP contribution in [0.25, 0.3) is 0 Å². The molecule has 2 atom stereocenters. The molecular weight excluding hydrogens is 220 g/mol. The minimum absolute atomic E-state index is 0.221. The largest absolute Gasteiger partial charge is 0.316 e. The lowest BCUT2D eigenvalue weighted by molar-refractivity contribution is 0.354. The second-order valence-electron chi connectivity index (χ2n) is 5.03. The van der Waals surface area contributed by atoms with Crippen LogP contribution in [0.1, 0.15) is 25.3 Å². The first-order chi connectivity index (χ1) is 8.11. The molecule has 1 N–H and O–H groups in total. The van der Waals surface area contributed by atoms with Gasteiger partial charge in [0.2, 0.25) is 0 Å². The smallest absolute Gasteiger partial charge is 0.126 e. The third-order valence-electron chi connectivity index (χ3n) is 3.82. The van der Waals surface area contributed by atoms with Crippen molar-refractivity contribution in [3.8, 4) is 0 Å². The molecule has 0 aromatic heterocycles. The maximum Gasteiger partial charge on any atom is 0.126 e. The average molecular weight is 239 g/mol. The van der Waals surface area contributed by atoms with E-state index in [4.69, 9.17) is 0 Å². The molecule has 0 spiro atoms. The predicted octanol–water partition coefficient (Wildman–Crippen LogP) is 3.14. The van der Waals surface area contributed by atoms with Crippen molar-refractivity contribution in [2.24, 2.45) is 11.8 Å². The highest BCUT2D eigenvalue weighted by atomic mass is 19.1. The lowest BCUT2D eigenvalue weighted by atomic mass is 9.91. The van der Waals surface area contributed by atoms with Crippen LogP contribution >= 0.6 is 0 Å². The molecule has 0 aliphatic heterocycles. The summed E-state index contributed by atoms with van der Waals surface area (Å²) in [5.74, 6) is 0.594. The SMILES string of the molecule is CNC(Cc1cc(F)ccc1F)C(C)C1CC1. The van der Waals surface area contributed by atoms with Gasteiger partial charge < -0.3 is 5.32 Å².